The summed E-state index contributed by atoms with van der Waals surface area (Å²) in [7, 11) is 0. The van der Waals surface area contributed by atoms with Crippen LogP contribution in [0.15, 0.2) is 29.2 Å². The number of nitrogens with one attached hydrogen (secondary N) is 2. The zero-order valence-electron chi connectivity index (χ0n) is 11.4. The number of thioether (sulfide) groups is 1. The van der Waals surface area contributed by atoms with Crippen LogP contribution in [0.4, 0.5) is 18.9 Å². The molecule has 7 heteroatoms. The molecule has 1 amide bonds. The van der Waals surface area contributed by atoms with Gasteiger partial charge < -0.3 is 10.6 Å². The predicted molar refractivity (Wildman–Crippen MR) is 77.5 cm³/mol. The molecule has 21 heavy (non-hydrogen) atoms. The number of piperidine rings is 1. The van der Waals surface area contributed by atoms with Crippen LogP contribution < -0.4 is 10.6 Å². The average molecular weight is 318 g/mol. The van der Waals surface area contributed by atoms with Gasteiger partial charge in [-0.2, -0.15) is 13.2 Å². The van der Waals surface area contributed by atoms with Crippen LogP contribution >= 0.6 is 11.8 Å². The number of halogens is 3. The van der Waals surface area contributed by atoms with Gasteiger partial charge in [0.15, 0.2) is 0 Å². The van der Waals surface area contributed by atoms with Gasteiger partial charge in [0, 0.05) is 4.90 Å². The Bertz CT molecular complexity index is 487. The van der Waals surface area contributed by atoms with E-state index in [1.54, 1.807) is 24.3 Å². The second-order valence-electron chi connectivity index (χ2n) is 4.89. The van der Waals surface area contributed by atoms with E-state index >= 15 is 0 Å². The lowest BCUT2D eigenvalue weighted by Gasteiger charge is -2.23. The van der Waals surface area contributed by atoms with Gasteiger partial charge in [0.05, 0.1) is 17.5 Å². The van der Waals surface area contributed by atoms with Crippen LogP contribution in [0.3, 0.4) is 0 Å². The molecule has 1 atom stereocenters. The van der Waals surface area contributed by atoms with Gasteiger partial charge in [0.25, 0.3) is 0 Å². The number of rotatable bonds is 4. The molecule has 0 saturated carbocycles. The van der Waals surface area contributed by atoms with E-state index < -0.39 is 11.9 Å². The molecule has 1 aliphatic heterocycles. The topological polar surface area (TPSA) is 41.1 Å². The molecule has 2 rings (SSSR count). The first kappa shape index (κ1) is 16.2. The van der Waals surface area contributed by atoms with Crippen LogP contribution in [-0.4, -0.2) is 30.4 Å². The lowest BCUT2D eigenvalue weighted by Crippen LogP contribution is -2.43. The van der Waals surface area contributed by atoms with Crippen molar-refractivity contribution in [3.05, 3.63) is 24.3 Å². The lowest BCUT2D eigenvalue weighted by atomic mass is 10.0. The van der Waals surface area contributed by atoms with Gasteiger partial charge in [-0.15, -0.1) is 11.8 Å². The Morgan fingerprint density at radius 1 is 1.33 bits per heavy atom. The first-order valence-corrected chi connectivity index (χ1v) is 7.77. The van der Waals surface area contributed by atoms with E-state index in [1.807, 2.05) is 0 Å². The molecule has 3 nitrogen and oxygen atoms in total. The van der Waals surface area contributed by atoms with Crippen LogP contribution in [-0.2, 0) is 4.79 Å². The second-order valence-corrected chi connectivity index (χ2v) is 5.91. The summed E-state index contributed by atoms with van der Waals surface area (Å²) in [5.74, 6) is -1.16. The Labute approximate surface area is 125 Å². The molecule has 2 N–H and O–H groups in total. The largest absolute Gasteiger partial charge is 0.398 e. The van der Waals surface area contributed by atoms with Gasteiger partial charge in [-0.05, 0) is 31.5 Å². The zero-order valence-corrected chi connectivity index (χ0v) is 12.2. The van der Waals surface area contributed by atoms with Crippen molar-refractivity contribution in [2.75, 3.05) is 17.6 Å². The molecule has 116 valence electrons. The standard InChI is InChI=1S/C14H17F3N2OS/c15-14(16,17)9-21-12-7-2-1-5-10(12)19-13(20)11-6-3-4-8-18-11/h1-2,5,7,11,18H,3-4,6,8-9H2,(H,19,20)/t11-/m1/s1. The van der Waals surface area contributed by atoms with Crippen molar-refractivity contribution in [3.8, 4) is 0 Å². The smallest absolute Gasteiger partial charge is 0.324 e. The Kier molecular flexibility index (Phi) is 5.52. The Morgan fingerprint density at radius 3 is 2.76 bits per heavy atom. The molecule has 0 aromatic heterocycles. The summed E-state index contributed by atoms with van der Waals surface area (Å²) < 4.78 is 36.9. The molecule has 0 radical (unpaired) electrons. The highest BCUT2D eigenvalue weighted by atomic mass is 32.2. The molecule has 1 heterocycles. The normalized spacial score (nSPS) is 19.3. The SMILES string of the molecule is O=C(Nc1ccccc1SCC(F)(F)F)[C@H]1CCCCN1. The molecule has 0 spiro atoms. The summed E-state index contributed by atoms with van der Waals surface area (Å²) in [5.41, 5.74) is 0.434. The van der Waals surface area contributed by atoms with Gasteiger partial charge in [-0.1, -0.05) is 18.6 Å². The number of carbonyl (C=O) groups excluding carboxylic acids is 1. The van der Waals surface area contributed by atoms with E-state index in [-0.39, 0.29) is 11.9 Å². The third-order valence-corrected chi connectivity index (χ3v) is 4.30. The van der Waals surface area contributed by atoms with E-state index in [4.69, 9.17) is 0 Å². The minimum Gasteiger partial charge on any atom is -0.324 e. The van der Waals surface area contributed by atoms with Gasteiger partial charge in [0.2, 0.25) is 5.91 Å². The third kappa shape index (κ3) is 5.24. The van der Waals surface area contributed by atoms with E-state index in [1.165, 1.54) is 0 Å². The monoisotopic (exact) mass is 318 g/mol. The number of alkyl halides is 3. The van der Waals surface area contributed by atoms with Crippen molar-refractivity contribution < 1.29 is 18.0 Å². The van der Waals surface area contributed by atoms with Crippen molar-refractivity contribution in [1.29, 1.82) is 0 Å². The molecule has 0 bridgehead atoms. The summed E-state index contributed by atoms with van der Waals surface area (Å²) in [5, 5.41) is 5.84. The zero-order chi connectivity index (χ0) is 15.3. The van der Waals surface area contributed by atoms with E-state index in [0.29, 0.717) is 22.3 Å². The molecule has 1 aliphatic rings. The molecule has 1 aromatic rings. The van der Waals surface area contributed by atoms with Crippen molar-refractivity contribution in [2.45, 2.75) is 36.4 Å². The van der Waals surface area contributed by atoms with E-state index in [0.717, 1.165) is 25.8 Å². The molecular formula is C14H17F3N2OS. The number of carbonyl (C=O) groups is 1. The number of anilines is 1. The van der Waals surface area contributed by atoms with Crippen LogP contribution in [0.1, 0.15) is 19.3 Å². The summed E-state index contributed by atoms with van der Waals surface area (Å²) >= 11 is 0.682. The fourth-order valence-electron chi connectivity index (χ4n) is 2.15. The second kappa shape index (κ2) is 7.17. The molecule has 0 aliphatic carbocycles. The van der Waals surface area contributed by atoms with Crippen molar-refractivity contribution in [3.63, 3.8) is 0 Å². The van der Waals surface area contributed by atoms with E-state index in [9.17, 15) is 18.0 Å². The van der Waals surface area contributed by atoms with Gasteiger partial charge in [-0.25, -0.2) is 0 Å². The highest BCUT2D eigenvalue weighted by molar-refractivity contribution is 7.99. The highest BCUT2D eigenvalue weighted by Crippen LogP contribution is 2.32. The Hall–Kier alpha value is -1.21. The van der Waals surface area contributed by atoms with Crippen LogP contribution in [0.2, 0.25) is 0 Å². The first-order valence-electron chi connectivity index (χ1n) is 6.78. The molecule has 0 unspecified atom stereocenters. The molecular weight excluding hydrogens is 301 g/mol. The van der Waals surface area contributed by atoms with Crippen LogP contribution in [0.5, 0.6) is 0 Å². The fourth-order valence-corrected chi connectivity index (χ4v) is 2.92. The maximum atomic E-state index is 12.3. The summed E-state index contributed by atoms with van der Waals surface area (Å²) in [6, 6.07) is 6.30. The van der Waals surface area contributed by atoms with Crippen LogP contribution in [0.25, 0.3) is 0 Å². The fraction of sp³-hybridized carbons (Fsp3) is 0.500. The van der Waals surface area contributed by atoms with Gasteiger partial charge in [0.1, 0.15) is 0 Å². The van der Waals surface area contributed by atoms with E-state index in [2.05, 4.69) is 10.6 Å². The minimum atomic E-state index is -4.23. The Morgan fingerprint density at radius 2 is 2.10 bits per heavy atom. The summed E-state index contributed by atoms with van der Waals surface area (Å²) in [4.78, 5) is 12.5. The van der Waals surface area contributed by atoms with Crippen molar-refractivity contribution in [2.24, 2.45) is 0 Å². The van der Waals surface area contributed by atoms with Crippen molar-refractivity contribution in [1.82, 2.24) is 5.32 Å². The number of hydrogen-bond donors (Lipinski definition) is 2. The highest BCUT2D eigenvalue weighted by Gasteiger charge is 2.28. The third-order valence-electron chi connectivity index (χ3n) is 3.16. The maximum Gasteiger partial charge on any atom is 0.398 e. The molecule has 1 fully saturated rings. The lowest BCUT2D eigenvalue weighted by molar-refractivity contribution is -0.118. The molecule has 1 aromatic carbocycles. The number of amides is 1. The average Bonchev–Trinajstić information content (AvgIpc) is 2.46. The summed E-state index contributed by atoms with van der Waals surface area (Å²) in [6.07, 6.45) is -1.45. The Balaban J connectivity index is 2.00. The molecule has 1 saturated heterocycles. The quantitative estimate of drug-likeness (QED) is 0.836. The van der Waals surface area contributed by atoms with Gasteiger partial charge >= 0.3 is 6.18 Å². The first-order chi connectivity index (χ1) is 9.96. The number of benzene rings is 1. The van der Waals surface area contributed by atoms with Crippen LogP contribution in [0, 0.1) is 0 Å². The van der Waals surface area contributed by atoms with Crippen molar-refractivity contribution >= 4 is 23.4 Å². The summed E-state index contributed by atoms with van der Waals surface area (Å²) in [6.45, 7) is 0.794. The minimum absolute atomic E-state index is 0.185. The van der Waals surface area contributed by atoms with Gasteiger partial charge in [-0.3, -0.25) is 4.79 Å². The maximum absolute atomic E-state index is 12.3. The predicted octanol–water partition coefficient (Wildman–Crippen LogP) is 3.42. The number of hydrogen-bond acceptors (Lipinski definition) is 3. The number of para-hydroxylation sites is 1.